The van der Waals surface area contributed by atoms with Crippen LogP contribution >= 0.6 is 0 Å². The lowest BCUT2D eigenvalue weighted by atomic mass is 9.83. The normalized spacial score (nSPS) is 16.1. The van der Waals surface area contributed by atoms with E-state index in [2.05, 4.69) is 18.3 Å². The monoisotopic (exact) mass is 204 g/mol. The third-order valence-corrected chi connectivity index (χ3v) is 3.35. The highest BCUT2D eigenvalue weighted by Gasteiger charge is 2.16. The molecule has 1 aromatic carbocycles. The van der Waals surface area contributed by atoms with E-state index in [-0.39, 0.29) is 0 Å². The summed E-state index contributed by atoms with van der Waals surface area (Å²) in [6.07, 6.45) is 5.59. The zero-order chi connectivity index (χ0) is 10.7. The minimum atomic E-state index is 0.840. The summed E-state index contributed by atoms with van der Waals surface area (Å²) in [6, 6.07) is 6.05. The lowest BCUT2D eigenvalue weighted by Crippen LogP contribution is -2.15. The van der Waals surface area contributed by atoms with Crippen molar-refractivity contribution in [2.75, 3.05) is 17.6 Å². The smallest absolute Gasteiger partial charge is 0.0390 e. The Balaban J connectivity index is 1.83. The van der Waals surface area contributed by atoms with Gasteiger partial charge in [0.05, 0.1) is 0 Å². The van der Waals surface area contributed by atoms with Gasteiger partial charge in [0.2, 0.25) is 0 Å². The molecule has 1 aliphatic rings. The Morgan fingerprint density at radius 2 is 2.20 bits per heavy atom. The van der Waals surface area contributed by atoms with Gasteiger partial charge in [-0.1, -0.05) is 25.3 Å². The van der Waals surface area contributed by atoms with E-state index in [1.807, 2.05) is 12.1 Å². The molecular weight excluding hydrogens is 184 g/mol. The van der Waals surface area contributed by atoms with Crippen LogP contribution in [0.25, 0.3) is 0 Å². The molecule has 0 aliphatic heterocycles. The molecule has 1 fully saturated rings. The van der Waals surface area contributed by atoms with Crippen LogP contribution < -0.4 is 11.1 Å². The number of benzene rings is 1. The molecule has 0 saturated heterocycles. The van der Waals surface area contributed by atoms with Gasteiger partial charge in [-0.2, -0.15) is 0 Å². The zero-order valence-corrected chi connectivity index (χ0v) is 9.42. The molecule has 1 aliphatic carbocycles. The lowest BCUT2D eigenvalue weighted by molar-refractivity contribution is 0.303. The fraction of sp³-hybridized carbons (Fsp3) is 0.538. The fourth-order valence-corrected chi connectivity index (χ4v) is 2.02. The van der Waals surface area contributed by atoms with Gasteiger partial charge < -0.3 is 11.1 Å². The van der Waals surface area contributed by atoms with E-state index in [0.29, 0.717) is 0 Å². The van der Waals surface area contributed by atoms with Crippen molar-refractivity contribution in [3.63, 3.8) is 0 Å². The highest BCUT2D eigenvalue weighted by molar-refractivity contribution is 5.59. The van der Waals surface area contributed by atoms with Crippen LogP contribution in [-0.2, 0) is 0 Å². The third-order valence-electron chi connectivity index (χ3n) is 3.35. The molecule has 3 N–H and O–H groups in total. The van der Waals surface area contributed by atoms with Crippen molar-refractivity contribution in [2.45, 2.75) is 32.6 Å². The average Bonchev–Trinajstić information content (AvgIpc) is 2.15. The standard InChI is InChI=1S/C13H20N2/c1-10-5-6-12(14)9-13(10)15-8-7-11-3-2-4-11/h5-6,9,11,15H,2-4,7-8,14H2,1H3. The van der Waals surface area contributed by atoms with Crippen molar-refractivity contribution in [2.24, 2.45) is 5.92 Å². The van der Waals surface area contributed by atoms with Crippen LogP contribution in [0.2, 0.25) is 0 Å². The lowest BCUT2D eigenvalue weighted by Gasteiger charge is -2.25. The maximum atomic E-state index is 5.76. The summed E-state index contributed by atoms with van der Waals surface area (Å²) in [5.74, 6) is 0.971. The van der Waals surface area contributed by atoms with E-state index in [1.165, 1.54) is 36.9 Å². The molecule has 1 saturated carbocycles. The summed E-state index contributed by atoms with van der Waals surface area (Å²) < 4.78 is 0. The summed E-state index contributed by atoms with van der Waals surface area (Å²) >= 11 is 0. The van der Waals surface area contributed by atoms with Crippen molar-refractivity contribution >= 4 is 11.4 Å². The summed E-state index contributed by atoms with van der Waals surface area (Å²) in [7, 11) is 0. The largest absolute Gasteiger partial charge is 0.399 e. The number of nitrogen functional groups attached to an aromatic ring is 1. The topological polar surface area (TPSA) is 38.0 Å². The molecule has 82 valence electrons. The van der Waals surface area contributed by atoms with Gasteiger partial charge in [0.1, 0.15) is 0 Å². The highest BCUT2D eigenvalue weighted by Crippen LogP contribution is 2.29. The van der Waals surface area contributed by atoms with Gasteiger partial charge in [-0.25, -0.2) is 0 Å². The number of hydrogen-bond acceptors (Lipinski definition) is 2. The molecule has 2 rings (SSSR count). The summed E-state index contributed by atoms with van der Waals surface area (Å²) in [4.78, 5) is 0. The van der Waals surface area contributed by atoms with Crippen LogP contribution in [0.5, 0.6) is 0 Å². The summed E-state index contributed by atoms with van der Waals surface area (Å²) in [5.41, 5.74) is 9.06. The molecule has 0 bridgehead atoms. The number of rotatable bonds is 4. The predicted molar refractivity (Wildman–Crippen MR) is 66.0 cm³/mol. The van der Waals surface area contributed by atoms with E-state index in [1.54, 1.807) is 0 Å². The predicted octanol–water partition coefficient (Wildman–Crippen LogP) is 3.18. The Labute approximate surface area is 91.9 Å². The Hall–Kier alpha value is -1.18. The van der Waals surface area contributed by atoms with E-state index in [9.17, 15) is 0 Å². The van der Waals surface area contributed by atoms with Gasteiger partial charge in [0.15, 0.2) is 0 Å². The van der Waals surface area contributed by atoms with Crippen LogP contribution in [0.3, 0.4) is 0 Å². The zero-order valence-electron chi connectivity index (χ0n) is 9.42. The molecule has 0 unspecified atom stereocenters. The van der Waals surface area contributed by atoms with Gasteiger partial charge in [-0.15, -0.1) is 0 Å². The second-order valence-electron chi connectivity index (χ2n) is 4.59. The van der Waals surface area contributed by atoms with Crippen LogP contribution in [0, 0.1) is 12.8 Å². The van der Waals surface area contributed by atoms with Crippen molar-refractivity contribution < 1.29 is 0 Å². The molecule has 15 heavy (non-hydrogen) atoms. The van der Waals surface area contributed by atoms with Gasteiger partial charge in [-0.05, 0) is 37.0 Å². The molecule has 0 amide bonds. The van der Waals surface area contributed by atoms with Crippen molar-refractivity contribution in [1.29, 1.82) is 0 Å². The maximum absolute atomic E-state index is 5.76. The molecule has 2 nitrogen and oxygen atoms in total. The van der Waals surface area contributed by atoms with Crippen molar-refractivity contribution in [1.82, 2.24) is 0 Å². The number of aryl methyl sites for hydroxylation is 1. The van der Waals surface area contributed by atoms with E-state index in [4.69, 9.17) is 5.73 Å². The van der Waals surface area contributed by atoms with E-state index < -0.39 is 0 Å². The van der Waals surface area contributed by atoms with Crippen LogP contribution in [-0.4, -0.2) is 6.54 Å². The number of nitrogens with one attached hydrogen (secondary N) is 1. The van der Waals surface area contributed by atoms with Crippen molar-refractivity contribution in [3.8, 4) is 0 Å². The van der Waals surface area contributed by atoms with Crippen molar-refractivity contribution in [3.05, 3.63) is 23.8 Å². The molecule has 0 radical (unpaired) electrons. The van der Waals surface area contributed by atoms with Gasteiger partial charge in [-0.3, -0.25) is 0 Å². The minimum absolute atomic E-state index is 0.840. The highest BCUT2D eigenvalue weighted by atomic mass is 14.9. The van der Waals surface area contributed by atoms with Gasteiger partial charge in [0, 0.05) is 17.9 Å². The Morgan fingerprint density at radius 1 is 1.40 bits per heavy atom. The number of nitrogens with two attached hydrogens (primary N) is 1. The molecule has 0 spiro atoms. The Kier molecular flexibility index (Phi) is 3.14. The molecular formula is C13H20N2. The first-order valence-electron chi connectivity index (χ1n) is 5.86. The second kappa shape index (κ2) is 4.56. The molecule has 0 heterocycles. The quantitative estimate of drug-likeness (QED) is 0.739. The van der Waals surface area contributed by atoms with E-state index >= 15 is 0 Å². The maximum Gasteiger partial charge on any atom is 0.0390 e. The number of anilines is 2. The fourth-order valence-electron chi connectivity index (χ4n) is 2.02. The third kappa shape index (κ3) is 2.65. The van der Waals surface area contributed by atoms with Gasteiger partial charge >= 0.3 is 0 Å². The summed E-state index contributed by atoms with van der Waals surface area (Å²) in [5, 5.41) is 3.47. The van der Waals surface area contributed by atoms with Crippen LogP contribution in [0.15, 0.2) is 18.2 Å². The minimum Gasteiger partial charge on any atom is -0.399 e. The SMILES string of the molecule is Cc1ccc(N)cc1NCCC1CCC1. The Bertz CT molecular complexity index is 329. The molecule has 0 aromatic heterocycles. The van der Waals surface area contributed by atoms with Crippen LogP contribution in [0.1, 0.15) is 31.2 Å². The summed E-state index contributed by atoms with van der Waals surface area (Å²) in [6.45, 7) is 3.19. The van der Waals surface area contributed by atoms with Crippen LogP contribution in [0.4, 0.5) is 11.4 Å². The molecule has 1 aromatic rings. The Morgan fingerprint density at radius 3 is 2.87 bits per heavy atom. The van der Waals surface area contributed by atoms with Gasteiger partial charge in [0.25, 0.3) is 0 Å². The van der Waals surface area contributed by atoms with E-state index in [0.717, 1.165) is 18.2 Å². The first kappa shape index (κ1) is 10.3. The molecule has 0 atom stereocenters. The second-order valence-corrected chi connectivity index (χ2v) is 4.59. The molecule has 2 heteroatoms. The average molecular weight is 204 g/mol. The first-order valence-corrected chi connectivity index (χ1v) is 5.86. The number of hydrogen-bond donors (Lipinski definition) is 2. The first-order chi connectivity index (χ1) is 7.25.